The molecule has 2 fully saturated rings. The van der Waals surface area contributed by atoms with E-state index in [-0.39, 0.29) is 11.9 Å². The number of carbonyl (C=O) groups is 1. The van der Waals surface area contributed by atoms with Gasteiger partial charge in [-0.25, -0.2) is 0 Å². The molecule has 2 saturated heterocycles. The number of hydrogen-bond donors (Lipinski definition) is 1. The Kier molecular flexibility index (Phi) is 4.40. The molecule has 2 N–H and O–H groups in total. The fraction of sp³-hybridized carbons (Fsp3) is 0.923. The van der Waals surface area contributed by atoms with E-state index in [0.717, 1.165) is 32.5 Å². The summed E-state index contributed by atoms with van der Waals surface area (Å²) in [7, 11) is 0. The third-order valence-electron chi connectivity index (χ3n) is 4.12. The van der Waals surface area contributed by atoms with Crippen molar-refractivity contribution in [2.75, 3.05) is 26.2 Å². The maximum absolute atomic E-state index is 12.1. The zero-order valence-corrected chi connectivity index (χ0v) is 10.9. The molecule has 2 rings (SSSR count). The molecule has 0 aromatic rings. The van der Waals surface area contributed by atoms with Crippen LogP contribution in [0.2, 0.25) is 0 Å². The first-order chi connectivity index (χ1) is 8.20. The highest BCUT2D eigenvalue weighted by Crippen LogP contribution is 2.21. The molecule has 0 aromatic carbocycles. The lowest BCUT2D eigenvalue weighted by Gasteiger charge is -2.26. The van der Waals surface area contributed by atoms with Crippen LogP contribution in [0.3, 0.4) is 0 Å². The molecular formula is C13H25N3O. The van der Waals surface area contributed by atoms with Crippen LogP contribution in [0.5, 0.6) is 0 Å². The Bertz CT molecular complexity index is 269. The predicted molar refractivity (Wildman–Crippen MR) is 68.7 cm³/mol. The quantitative estimate of drug-likeness (QED) is 0.793. The van der Waals surface area contributed by atoms with E-state index in [1.54, 1.807) is 0 Å². The first-order valence-electron chi connectivity index (χ1n) is 6.98. The van der Waals surface area contributed by atoms with Gasteiger partial charge in [-0.3, -0.25) is 9.69 Å². The molecule has 2 aliphatic heterocycles. The molecule has 0 aliphatic carbocycles. The summed E-state index contributed by atoms with van der Waals surface area (Å²) in [6.07, 6.45) is 5.06. The van der Waals surface area contributed by atoms with Crippen molar-refractivity contribution in [2.24, 2.45) is 5.73 Å². The summed E-state index contributed by atoms with van der Waals surface area (Å²) in [5.41, 5.74) is 5.87. The highest BCUT2D eigenvalue weighted by atomic mass is 16.2. The SMILES string of the molecule is CCC(N)CC(=O)N1CCCN2CCCC2C1. The van der Waals surface area contributed by atoms with Gasteiger partial charge in [-0.2, -0.15) is 0 Å². The van der Waals surface area contributed by atoms with Gasteiger partial charge in [0.15, 0.2) is 0 Å². The van der Waals surface area contributed by atoms with Gasteiger partial charge in [-0.1, -0.05) is 6.92 Å². The second-order valence-electron chi connectivity index (χ2n) is 5.40. The van der Waals surface area contributed by atoms with E-state index in [1.807, 2.05) is 11.8 Å². The van der Waals surface area contributed by atoms with E-state index in [0.29, 0.717) is 12.5 Å². The van der Waals surface area contributed by atoms with Crippen LogP contribution in [-0.4, -0.2) is 54.0 Å². The minimum atomic E-state index is 0.0328. The van der Waals surface area contributed by atoms with Crippen molar-refractivity contribution in [3.63, 3.8) is 0 Å². The van der Waals surface area contributed by atoms with E-state index in [1.165, 1.54) is 19.4 Å². The molecule has 98 valence electrons. The van der Waals surface area contributed by atoms with Gasteiger partial charge in [0, 0.05) is 38.1 Å². The third kappa shape index (κ3) is 3.19. The van der Waals surface area contributed by atoms with Crippen molar-refractivity contribution >= 4 is 5.91 Å². The Hall–Kier alpha value is -0.610. The zero-order chi connectivity index (χ0) is 12.3. The molecule has 0 saturated carbocycles. The van der Waals surface area contributed by atoms with Gasteiger partial charge in [-0.05, 0) is 32.2 Å². The lowest BCUT2D eigenvalue weighted by Crippen LogP contribution is -2.41. The maximum Gasteiger partial charge on any atom is 0.224 e. The topological polar surface area (TPSA) is 49.6 Å². The summed E-state index contributed by atoms with van der Waals surface area (Å²) in [5, 5.41) is 0. The van der Waals surface area contributed by atoms with E-state index in [2.05, 4.69) is 4.90 Å². The minimum Gasteiger partial charge on any atom is -0.341 e. The number of amides is 1. The van der Waals surface area contributed by atoms with Crippen LogP contribution in [0.4, 0.5) is 0 Å². The molecule has 0 spiro atoms. The molecule has 0 radical (unpaired) electrons. The number of hydrogen-bond acceptors (Lipinski definition) is 3. The maximum atomic E-state index is 12.1. The number of nitrogens with zero attached hydrogens (tertiary/aromatic N) is 2. The van der Waals surface area contributed by atoms with Crippen LogP contribution < -0.4 is 5.73 Å². The number of rotatable bonds is 3. The van der Waals surface area contributed by atoms with Crippen molar-refractivity contribution < 1.29 is 4.79 Å². The Morgan fingerprint density at radius 3 is 2.88 bits per heavy atom. The van der Waals surface area contributed by atoms with Gasteiger partial charge in [0.2, 0.25) is 5.91 Å². The molecule has 1 amide bonds. The summed E-state index contributed by atoms with van der Waals surface area (Å²) in [6, 6.07) is 0.643. The first-order valence-corrected chi connectivity index (χ1v) is 6.98. The predicted octanol–water partition coefficient (Wildman–Crippen LogP) is 0.811. The average Bonchev–Trinajstić information content (AvgIpc) is 2.66. The van der Waals surface area contributed by atoms with Crippen molar-refractivity contribution in [1.82, 2.24) is 9.80 Å². The largest absolute Gasteiger partial charge is 0.341 e. The molecule has 2 atom stereocenters. The molecule has 2 aliphatic rings. The van der Waals surface area contributed by atoms with E-state index < -0.39 is 0 Å². The molecule has 4 nitrogen and oxygen atoms in total. The van der Waals surface area contributed by atoms with Crippen molar-refractivity contribution in [3.05, 3.63) is 0 Å². The Morgan fingerprint density at radius 1 is 1.35 bits per heavy atom. The lowest BCUT2D eigenvalue weighted by molar-refractivity contribution is -0.131. The standard InChI is InChI=1S/C13H25N3O/c1-2-11(14)9-13(17)16-8-4-7-15-6-3-5-12(15)10-16/h11-12H,2-10,14H2,1H3. The molecule has 2 unspecified atom stereocenters. The second-order valence-corrected chi connectivity index (χ2v) is 5.40. The highest BCUT2D eigenvalue weighted by molar-refractivity contribution is 5.76. The number of carbonyl (C=O) groups excluding carboxylic acids is 1. The smallest absolute Gasteiger partial charge is 0.224 e. The van der Waals surface area contributed by atoms with Crippen LogP contribution in [0.25, 0.3) is 0 Å². The molecule has 2 heterocycles. The van der Waals surface area contributed by atoms with Crippen molar-refractivity contribution in [2.45, 2.75) is 51.1 Å². The van der Waals surface area contributed by atoms with Gasteiger partial charge < -0.3 is 10.6 Å². The average molecular weight is 239 g/mol. The summed E-state index contributed by atoms with van der Waals surface area (Å²) in [6.45, 7) is 6.27. The molecule has 17 heavy (non-hydrogen) atoms. The molecule has 0 bridgehead atoms. The van der Waals surface area contributed by atoms with E-state index >= 15 is 0 Å². The Labute approximate surface area is 104 Å². The summed E-state index contributed by atoms with van der Waals surface area (Å²) in [4.78, 5) is 16.7. The van der Waals surface area contributed by atoms with Crippen LogP contribution in [-0.2, 0) is 4.79 Å². The van der Waals surface area contributed by atoms with Gasteiger partial charge in [-0.15, -0.1) is 0 Å². The monoisotopic (exact) mass is 239 g/mol. The number of nitrogens with two attached hydrogens (primary N) is 1. The van der Waals surface area contributed by atoms with E-state index in [9.17, 15) is 4.79 Å². The van der Waals surface area contributed by atoms with Crippen LogP contribution in [0.15, 0.2) is 0 Å². The third-order valence-corrected chi connectivity index (χ3v) is 4.12. The fourth-order valence-electron chi connectivity index (χ4n) is 2.93. The van der Waals surface area contributed by atoms with E-state index in [4.69, 9.17) is 5.73 Å². The van der Waals surface area contributed by atoms with Crippen LogP contribution in [0.1, 0.15) is 39.0 Å². The Balaban J connectivity index is 1.89. The Morgan fingerprint density at radius 2 is 2.12 bits per heavy atom. The highest BCUT2D eigenvalue weighted by Gasteiger charge is 2.30. The summed E-state index contributed by atoms with van der Waals surface area (Å²) >= 11 is 0. The zero-order valence-electron chi connectivity index (χ0n) is 10.9. The minimum absolute atomic E-state index is 0.0328. The van der Waals surface area contributed by atoms with Crippen molar-refractivity contribution in [1.29, 1.82) is 0 Å². The molecule has 4 heteroatoms. The van der Waals surface area contributed by atoms with Gasteiger partial charge >= 0.3 is 0 Å². The summed E-state index contributed by atoms with van der Waals surface area (Å²) < 4.78 is 0. The lowest BCUT2D eigenvalue weighted by atomic mass is 10.1. The van der Waals surface area contributed by atoms with Crippen molar-refractivity contribution in [3.8, 4) is 0 Å². The fourth-order valence-corrected chi connectivity index (χ4v) is 2.93. The summed E-state index contributed by atoms with van der Waals surface area (Å²) in [5.74, 6) is 0.258. The normalized spacial score (nSPS) is 27.6. The second kappa shape index (κ2) is 5.83. The van der Waals surface area contributed by atoms with Crippen LogP contribution in [0, 0.1) is 0 Å². The van der Waals surface area contributed by atoms with Gasteiger partial charge in [0.25, 0.3) is 0 Å². The van der Waals surface area contributed by atoms with Gasteiger partial charge in [0.1, 0.15) is 0 Å². The van der Waals surface area contributed by atoms with Crippen LogP contribution >= 0.6 is 0 Å². The molecular weight excluding hydrogens is 214 g/mol. The first kappa shape index (κ1) is 12.8. The number of fused-ring (bicyclic) bond motifs is 1. The molecule has 0 aromatic heterocycles. The van der Waals surface area contributed by atoms with Gasteiger partial charge in [0.05, 0.1) is 0 Å².